The molecule has 2 heterocycles. The summed E-state index contributed by atoms with van der Waals surface area (Å²) in [5, 5.41) is 3.98. The third kappa shape index (κ3) is 6.47. The lowest BCUT2D eigenvalue weighted by atomic mass is 9.87. The van der Waals surface area contributed by atoms with Gasteiger partial charge in [0.1, 0.15) is 0 Å². The molecule has 2 aromatic heterocycles. The summed E-state index contributed by atoms with van der Waals surface area (Å²) in [7, 11) is 4.02. The van der Waals surface area contributed by atoms with Crippen molar-refractivity contribution in [2.45, 2.75) is 32.1 Å². The summed E-state index contributed by atoms with van der Waals surface area (Å²) in [5.74, 6) is 0.546. The second-order valence-electron chi connectivity index (χ2n) is 9.77. The lowest BCUT2D eigenvalue weighted by Crippen LogP contribution is -2.11. The fraction of sp³-hybridized carbons (Fsp3) is 0.281. The van der Waals surface area contributed by atoms with Gasteiger partial charge in [-0.25, -0.2) is 4.98 Å². The number of allylic oxidation sites excluding steroid dienone is 1. The van der Waals surface area contributed by atoms with Gasteiger partial charge in [-0.2, -0.15) is 0 Å². The summed E-state index contributed by atoms with van der Waals surface area (Å²) in [6.45, 7) is 7.16. The van der Waals surface area contributed by atoms with Gasteiger partial charge in [-0.3, -0.25) is 9.98 Å². The van der Waals surface area contributed by atoms with E-state index in [0.717, 1.165) is 70.0 Å². The number of aryl methyl sites for hydroxylation is 1. The van der Waals surface area contributed by atoms with Crippen molar-refractivity contribution in [3.8, 4) is 0 Å². The van der Waals surface area contributed by atoms with Gasteiger partial charge in [0.25, 0.3) is 0 Å². The third-order valence-electron chi connectivity index (χ3n) is 7.11. The third-order valence-corrected chi connectivity index (χ3v) is 7.54. The van der Waals surface area contributed by atoms with E-state index in [-0.39, 0.29) is 5.92 Å². The highest BCUT2D eigenvalue weighted by Gasteiger charge is 2.22. The molecule has 4 aromatic rings. The molecular weight excluding hydrogens is 490 g/mol. The van der Waals surface area contributed by atoms with E-state index < -0.39 is 0 Å². The van der Waals surface area contributed by atoms with E-state index in [0.29, 0.717) is 5.92 Å². The van der Waals surface area contributed by atoms with E-state index in [9.17, 15) is 0 Å². The first-order valence-corrected chi connectivity index (χ1v) is 13.5. The zero-order valence-corrected chi connectivity index (χ0v) is 23.2. The highest BCUT2D eigenvalue weighted by Crippen LogP contribution is 2.41. The molecule has 0 spiro atoms. The van der Waals surface area contributed by atoms with Crippen LogP contribution in [0.3, 0.4) is 0 Å². The molecule has 0 amide bonds. The minimum atomic E-state index is -0.0330. The minimum absolute atomic E-state index is 0.0330. The van der Waals surface area contributed by atoms with Crippen molar-refractivity contribution in [3.05, 3.63) is 114 Å². The first-order chi connectivity index (χ1) is 18.5. The van der Waals surface area contributed by atoms with Crippen LogP contribution in [0.1, 0.15) is 60.1 Å². The number of imidazole rings is 1. The molecule has 0 aliphatic carbocycles. The Hall–Kier alpha value is -3.54. The molecule has 5 nitrogen and oxygen atoms in total. The standard InChI is InChI=1S/C32H36ClN5/c1-23(14-17-34-2)10-12-27(24-8-6-5-7-9-24)32(33)28-20-26(11-13-29(28)35-3)31(25-15-18-36-19-16-25)30-21-37-22-38(30)4/h5-9,11,13,15-16,18-23,31,34H,3,10,12,14,17H2,1-2,4H3/b32-27-. The van der Waals surface area contributed by atoms with Gasteiger partial charge in [-0.1, -0.05) is 54.9 Å². The fourth-order valence-electron chi connectivity index (χ4n) is 4.89. The summed E-state index contributed by atoms with van der Waals surface area (Å²) in [5.41, 5.74) is 7.26. The predicted octanol–water partition coefficient (Wildman–Crippen LogP) is 7.46. The van der Waals surface area contributed by atoms with Crippen molar-refractivity contribution in [1.29, 1.82) is 0 Å². The van der Waals surface area contributed by atoms with Crippen molar-refractivity contribution in [2.75, 3.05) is 13.6 Å². The number of nitrogens with one attached hydrogen (secondary N) is 1. The maximum atomic E-state index is 7.31. The Kier molecular flexibility index (Phi) is 9.63. The van der Waals surface area contributed by atoms with Gasteiger partial charge in [0.05, 0.1) is 23.0 Å². The molecule has 0 saturated heterocycles. The zero-order chi connectivity index (χ0) is 26.9. The minimum Gasteiger partial charge on any atom is -0.337 e. The van der Waals surface area contributed by atoms with Gasteiger partial charge in [0, 0.05) is 36.9 Å². The molecular formula is C32H36ClN5. The molecule has 196 valence electrons. The van der Waals surface area contributed by atoms with Crippen LogP contribution in [0.25, 0.3) is 10.6 Å². The van der Waals surface area contributed by atoms with E-state index >= 15 is 0 Å². The monoisotopic (exact) mass is 525 g/mol. The normalized spacial score (nSPS) is 13.6. The molecule has 0 aliphatic heterocycles. The Morgan fingerprint density at radius 3 is 2.45 bits per heavy atom. The molecule has 2 unspecified atom stereocenters. The lowest BCUT2D eigenvalue weighted by molar-refractivity contribution is 0.488. The van der Waals surface area contributed by atoms with Crippen LogP contribution >= 0.6 is 11.6 Å². The topological polar surface area (TPSA) is 55.1 Å². The van der Waals surface area contributed by atoms with Crippen LogP contribution in [0.5, 0.6) is 0 Å². The van der Waals surface area contributed by atoms with Gasteiger partial charge >= 0.3 is 0 Å². The molecule has 4 rings (SSSR count). The lowest BCUT2D eigenvalue weighted by Gasteiger charge is -2.21. The summed E-state index contributed by atoms with van der Waals surface area (Å²) in [6, 6.07) is 20.8. The number of pyridine rings is 1. The van der Waals surface area contributed by atoms with Crippen LogP contribution < -0.4 is 5.32 Å². The van der Waals surface area contributed by atoms with Crippen molar-refractivity contribution < 1.29 is 0 Å². The quantitative estimate of drug-likeness (QED) is 0.154. The maximum absolute atomic E-state index is 7.31. The first kappa shape index (κ1) is 27.5. The second kappa shape index (κ2) is 13.3. The number of benzene rings is 2. The molecule has 2 aromatic carbocycles. The van der Waals surface area contributed by atoms with Crippen LogP contribution in [0.15, 0.2) is 90.6 Å². The number of nitrogens with zero attached hydrogens (tertiary/aromatic N) is 4. The smallest absolute Gasteiger partial charge is 0.0945 e. The molecule has 2 atom stereocenters. The molecule has 38 heavy (non-hydrogen) atoms. The van der Waals surface area contributed by atoms with Crippen LogP contribution in [0.2, 0.25) is 0 Å². The van der Waals surface area contributed by atoms with Gasteiger partial charge < -0.3 is 9.88 Å². The van der Waals surface area contributed by atoms with Gasteiger partial charge in [0.2, 0.25) is 0 Å². The average molecular weight is 526 g/mol. The Bertz CT molecular complexity index is 1360. The maximum Gasteiger partial charge on any atom is 0.0945 e. The second-order valence-corrected chi connectivity index (χ2v) is 10.2. The van der Waals surface area contributed by atoms with Crippen molar-refractivity contribution in [1.82, 2.24) is 19.9 Å². The van der Waals surface area contributed by atoms with Crippen molar-refractivity contribution in [3.63, 3.8) is 0 Å². The number of aliphatic imine (C=N–C) groups is 1. The Morgan fingerprint density at radius 1 is 1.03 bits per heavy atom. The van der Waals surface area contributed by atoms with E-state index in [1.807, 2.05) is 51.1 Å². The number of hydrogen-bond acceptors (Lipinski definition) is 4. The van der Waals surface area contributed by atoms with E-state index in [1.165, 1.54) is 0 Å². The number of rotatable bonds is 12. The number of hydrogen-bond donors (Lipinski definition) is 1. The Balaban J connectivity index is 1.83. The van der Waals surface area contributed by atoms with E-state index in [2.05, 4.69) is 87.0 Å². The summed E-state index contributed by atoms with van der Waals surface area (Å²) in [6.07, 6.45) is 10.5. The zero-order valence-electron chi connectivity index (χ0n) is 22.4. The van der Waals surface area contributed by atoms with Crippen LogP contribution in [-0.4, -0.2) is 34.8 Å². The van der Waals surface area contributed by atoms with E-state index in [1.54, 1.807) is 0 Å². The summed E-state index contributed by atoms with van der Waals surface area (Å²) < 4.78 is 2.06. The highest BCUT2D eigenvalue weighted by atomic mass is 35.5. The van der Waals surface area contributed by atoms with Crippen LogP contribution in [0, 0.1) is 5.92 Å². The number of aromatic nitrogens is 3. The molecule has 0 fully saturated rings. The van der Waals surface area contributed by atoms with Crippen LogP contribution in [-0.2, 0) is 7.05 Å². The molecule has 1 N–H and O–H groups in total. The SMILES string of the molecule is C=Nc1ccc(C(c2ccncc2)c2cncn2C)cc1/C(Cl)=C(\CCC(C)CCNC)c1ccccc1. The predicted molar refractivity (Wildman–Crippen MR) is 160 cm³/mol. The molecule has 6 heteroatoms. The van der Waals surface area contributed by atoms with Crippen molar-refractivity contribution in [2.24, 2.45) is 18.0 Å². The summed E-state index contributed by atoms with van der Waals surface area (Å²) in [4.78, 5) is 13.0. The van der Waals surface area contributed by atoms with Crippen LogP contribution in [0.4, 0.5) is 5.69 Å². The van der Waals surface area contributed by atoms with E-state index in [4.69, 9.17) is 11.6 Å². The molecule has 0 aliphatic rings. The number of halogens is 1. The molecule has 0 radical (unpaired) electrons. The molecule has 0 bridgehead atoms. The summed E-state index contributed by atoms with van der Waals surface area (Å²) >= 11 is 7.31. The van der Waals surface area contributed by atoms with Gasteiger partial charge in [-0.05, 0) is 92.0 Å². The Labute approximate surface area is 231 Å². The van der Waals surface area contributed by atoms with Gasteiger partial charge in [0.15, 0.2) is 0 Å². The Morgan fingerprint density at radius 2 is 1.79 bits per heavy atom. The van der Waals surface area contributed by atoms with Gasteiger partial charge in [-0.15, -0.1) is 0 Å². The van der Waals surface area contributed by atoms with Crippen molar-refractivity contribution >= 4 is 34.6 Å². The average Bonchev–Trinajstić information content (AvgIpc) is 3.38. The first-order valence-electron chi connectivity index (χ1n) is 13.1. The highest BCUT2D eigenvalue weighted by molar-refractivity contribution is 6.53. The largest absolute Gasteiger partial charge is 0.337 e. The fourth-order valence-corrected chi connectivity index (χ4v) is 5.25. The molecule has 0 saturated carbocycles.